The van der Waals surface area contributed by atoms with Gasteiger partial charge in [0.25, 0.3) is 0 Å². The standard InChI is InChI=1S/C25H19ClF3N5O2/c26-16-5-3-14(11-17(16)27)31-25(35)33-19-7-8-21(24(29)23(19)28)36-15-4-6-18-20(12-15)32-22(13-30-18)34-9-1-2-10-34/h3-8,11-13H,1-2,9-10H2,(H2,31,33,35). The summed E-state index contributed by atoms with van der Waals surface area (Å²) in [5.41, 5.74) is 0.864. The number of carbonyl (C=O) groups is 1. The van der Waals surface area contributed by atoms with Gasteiger partial charge in [-0.1, -0.05) is 11.6 Å². The zero-order valence-electron chi connectivity index (χ0n) is 18.7. The Hall–Kier alpha value is -4.05. The molecular weight excluding hydrogens is 495 g/mol. The SMILES string of the molecule is O=C(Nc1ccc(Cl)c(F)c1)Nc1ccc(Oc2ccc3ncc(N4CCCC4)nc3c2)c(F)c1F. The Morgan fingerprint density at radius 3 is 2.53 bits per heavy atom. The van der Waals surface area contributed by atoms with E-state index in [1.807, 2.05) is 0 Å². The number of halogens is 4. The van der Waals surface area contributed by atoms with Crippen molar-refractivity contribution in [2.75, 3.05) is 28.6 Å². The topological polar surface area (TPSA) is 79.4 Å². The van der Waals surface area contributed by atoms with Crippen LogP contribution in [0.1, 0.15) is 12.8 Å². The van der Waals surface area contributed by atoms with Crippen LogP contribution in [0, 0.1) is 17.5 Å². The van der Waals surface area contributed by atoms with E-state index in [-0.39, 0.29) is 22.2 Å². The maximum absolute atomic E-state index is 14.7. The maximum Gasteiger partial charge on any atom is 0.323 e. The van der Waals surface area contributed by atoms with Crippen molar-refractivity contribution in [3.8, 4) is 11.5 Å². The molecule has 5 rings (SSSR count). The van der Waals surface area contributed by atoms with Crippen molar-refractivity contribution in [3.63, 3.8) is 0 Å². The van der Waals surface area contributed by atoms with E-state index in [9.17, 15) is 18.0 Å². The zero-order chi connectivity index (χ0) is 25.2. The van der Waals surface area contributed by atoms with Gasteiger partial charge in [-0.2, -0.15) is 4.39 Å². The molecule has 36 heavy (non-hydrogen) atoms. The number of benzene rings is 3. The number of aromatic nitrogens is 2. The lowest BCUT2D eigenvalue weighted by Gasteiger charge is -2.16. The molecule has 0 unspecified atom stereocenters. The summed E-state index contributed by atoms with van der Waals surface area (Å²) in [6.45, 7) is 1.83. The maximum atomic E-state index is 14.7. The highest BCUT2D eigenvalue weighted by atomic mass is 35.5. The van der Waals surface area contributed by atoms with Gasteiger partial charge in [-0.25, -0.2) is 18.6 Å². The van der Waals surface area contributed by atoms with Crippen LogP contribution in [0.15, 0.2) is 54.7 Å². The lowest BCUT2D eigenvalue weighted by atomic mass is 10.2. The molecular formula is C25H19ClF3N5O2. The number of nitrogens with zero attached hydrogens (tertiary/aromatic N) is 3. The second-order valence-corrected chi connectivity index (χ2v) is 8.53. The Bertz CT molecular complexity index is 1460. The molecule has 11 heteroatoms. The molecule has 0 atom stereocenters. The number of urea groups is 1. The molecule has 2 heterocycles. The Labute approximate surface area is 208 Å². The van der Waals surface area contributed by atoms with Crippen LogP contribution in [0.4, 0.5) is 35.2 Å². The number of hydrogen-bond acceptors (Lipinski definition) is 5. The fourth-order valence-electron chi connectivity index (χ4n) is 3.84. The molecule has 1 aliphatic rings. The molecule has 1 aromatic heterocycles. The van der Waals surface area contributed by atoms with E-state index in [0.717, 1.165) is 43.9 Å². The molecule has 1 saturated heterocycles. The van der Waals surface area contributed by atoms with E-state index in [1.165, 1.54) is 18.2 Å². The summed E-state index contributed by atoms with van der Waals surface area (Å²) in [6.07, 6.45) is 3.91. The Kier molecular flexibility index (Phi) is 6.51. The molecule has 184 valence electrons. The van der Waals surface area contributed by atoms with Crippen LogP contribution in [-0.4, -0.2) is 29.1 Å². The molecule has 0 radical (unpaired) electrons. The van der Waals surface area contributed by atoms with Gasteiger partial charge in [0.2, 0.25) is 5.82 Å². The van der Waals surface area contributed by atoms with E-state index in [0.29, 0.717) is 11.0 Å². The summed E-state index contributed by atoms with van der Waals surface area (Å²) >= 11 is 5.61. The third kappa shape index (κ3) is 4.99. The predicted molar refractivity (Wildman–Crippen MR) is 131 cm³/mol. The smallest absolute Gasteiger partial charge is 0.323 e. The average molecular weight is 514 g/mol. The normalized spacial score (nSPS) is 13.2. The molecule has 3 aromatic carbocycles. The van der Waals surface area contributed by atoms with Crippen LogP contribution in [-0.2, 0) is 0 Å². The van der Waals surface area contributed by atoms with Crippen LogP contribution in [0.25, 0.3) is 11.0 Å². The first-order valence-corrected chi connectivity index (χ1v) is 11.5. The minimum atomic E-state index is -1.32. The van der Waals surface area contributed by atoms with Gasteiger partial charge in [0.15, 0.2) is 11.6 Å². The molecule has 7 nitrogen and oxygen atoms in total. The lowest BCUT2D eigenvalue weighted by Crippen LogP contribution is -2.20. The van der Waals surface area contributed by atoms with Gasteiger partial charge in [-0.05, 0) is 55.3 Å². The Balaban J connectivity index is 1.31. The number of carbonyl (C=O) groups excluding carboxylic acids is 1. The molecule has 0 aliphatic carbocycles. The van der Waals surface area contributed by atoms with Gasteiger partial charge in [-0.15, -0.1) is 0 Å². The van der Waals surface area contributed by atoms with Crippen molar-refractivity contribution in [3.05, 3.63) is 77.2 Å². The van der Waals surface area contributed by atoms with Crippen LogP contribution in [0.5, 0.6) is 11.5 Å². The van der Waals surface area contributed by atoms with E-state index in [2.05, 4.69) is 25.5 Å². The molecule has 1 aliphatic heterocycles. The summed E-state index contributed by atoms with van der Waals surface area (Å²) in [7, 11) is 0. The molecule has 0 spiro atoms. The first-order valence-electron chi connectivity index (χ1n) is 11.1. The highest BCUT2D eigenvalue weighted by Gasteiger charge is 2.18. The zero-order valence-corrected chi connectivity index (χ0v) is 19.5. The number of rotatable bonds is 5. The van der Waals surface area contributed by atoms with Gasteiger partial charge in [-0.3, -0.25) is 4.98 Å². The highest BCUT2D eigenvalue weighted by Crippen LogP contribution is 2.31. The summed E-state index contributed by atoms with van der Waals surface area (Å²) < 4.78 is 48.5. The molecule has 4 aromatic rings. The third-order valence-electron chi connectivity index (χ3n) is 5.63. The average Bonchev–Trinajstić information content (AvgIpc) is 3.41. The Morgan fingerprint density at radius 1 is 0.944 bits per heavy atom. The van der Waals surface area contributed by atoms with Crippen LogP contribution >= 0.6 is 11.6 Å². The number of fused-ring (bicyclic) bond motifs is 1. The van der Waals surface area contributed by atoms with Crippen molar-refractivity contribution in [1.29, 1.82) is 0 Å². The van der Waals surface area contributed by atoms with E-state index in [4.69, 9.17) is 16.3 Å². The van der Waals surface area contributed by atoms with E-state index < -0.39 is 29.2 Å². The van der Waals surface area contributed by atoms with Gasteiger partial charge >= 0.3 is 6.03 Å². The first kappa shape index (κ1) is 23.7. The van der Waals surface area contributed by atoms with E-state index in [1.54, 1.807) is 24.4 Å². The number of hydrogen-bond donors (Lipinski definition) is 2. The number of amides is 2. The van der Waals surface area contributed by atoms with E-state index >= 15 is 0 Å². The third-order valence-corrected chi connectivity index (χ3v) is 5.94. The van der Waals surface area contributed by atoms with Crippen LogP contribution in [0.3, 0.4) is 0 Å². The number of ether oxygens (including phenoxy) is 1. The molecule has 2 N–H and O–H groups in total. The number of nitrogens with one attached hydrogen (secondary N) is 2. The number of anilines is 3. The quantitative estimate of drug-likeness (QED) is 0.309. The van der Waals surface area contributed by atoms with Crippen molar-refractivity contribution in [1.82, 2.24) is 9.97 Å². The molecule has 0 saturated carbocycles. The van der Waals surface area contributed by atoms with Crippen molar-refractivity contribution in [2.24, 2.45) is 0 Å². The molecule has 0 bridgehead atoms. The fraction of sp³-hybridized carbons (Fsp3) is 0.160. The van der Waals surface area contributed by atoms with Crippen molar-refractivity contribution < 1.29 is 22.7 Å². The second-order valence-electron chi connectivity index (χ2n) is 8.12. The minimum absolute atomic E-state index is 0.0857. The fourth-order valence-corrected chi connectivity index (χ4v) is 3.95. The summed E-state index contributed by atoms with van der Waals surface area (Å²) in [5, 5.41) is 4.38. The minimum Gasteiger partial charge on any atom is -0.454 e. The van der Waals surface area contributed by atoms with Gasteiger partial charge < -0.3 is 20.3 Å². The van der Waals surface area contributed by atoms with Gasteiger partial charge in [0.05, 0.1) is 27.9 Å². The molecule has 1 fully saturated rings. The monoisotopic (exact) mass is 513 g/mol. The van der Waals surface area contributed by atoms with Crippen molar-refractivity contribution >= 4 is 45.9 Å². The van der Waals surface area contributed by atoms with Gasteiger partial charge in [0.1, 0.15) is 17.4 Å². The first-order chi connectivity index (χ1) is 17.4. The highest BCUT2D eigenvalue weighted by molar-refractivity contribution is 6.30. The summed E-state index contributed by atoms with van der Waals surface area (Å²) in [5.74, 6) is -2.72. The summed E-state index contributed by atoms with van der Waals surface area (Å²) in [6, 6.07) is 9.92. The van der Waals surface area contributed by atoms with Crippen molar-refractivity contribution in [2.45, 2.75) is 12.8 Å². The lowest BCUT2D eigenvalue weighted by molar-refractivity contribution is 0.262. The Morgan fingerprint density at radius 2 is 1.75 bits per heavy atom. The van der Waals surface area contributed by atoms with Crippen LogP contribution in [0.2, 0.25) is 5.02 Å². The second kappa shape index (κ2) is 9.90. The van der Waals surface area contributed by atoms with Crippen LogP contribution < -0.4 is 20.3 Å². The van der Waals surface area contributed by atoms with Gasteiger partial charge in [0, 0.05) is 24.8 Å². The molecule has 2 amide bonds. The summed E-state index contributed by atoms with van der Waals surface area (Å²) in [4.78, 5) is 23.3. The predicted octanol–water partition coefficient (Wildman–Crippen LogP) is 6.74. The largest absolute Gasteiger partial charge is 0.454 e.